The lowest BCUT2D eigenvalue weighted by molar-refractivity contribution is -0.126. The molecule has 1 atom stereocenters. The number of piperidine rings is 1. The van der Waals surface area contributed by atoms with Crippen LogP contribution in [0, 0.1) is 0 Å². The zero-order valence-corrected chi connectivity index (χ0v) is 16.0. The minimum Gasteiger partial charge on any atom is -0.361 e. The number of hydrogen-bond donors (Lipinski definition) is 0. The first-order valence-corrected chi connectivity index (χ1v) is 9.20. The number of amides is 1. The summed E-state index contributed by atoms with van der Waals surface area (Å²) in [5.74, 6) is 0.684. The topological polar surface area (TPSA) is 63.4 Å². The normalized spacial score (nSPS) is 18.2. The van der Waals surface area contributed by atoms with Crippen LogP contribution in [0.5, 0.6) is 0 Å². The zero-order valence-electron chi connectivity index (χ0n) is 15.3. The van der Waals surface area contributed by atoms with Crippen LogP contribution in [0.2, 0.25) is 5.02 Å². The number of hydrogen-bond acceptors (Lipinski definition) is 4. The van der Waals surface area contributed by atoms with Crippen LogP contribution in [0.15, 0.2) is 34.9 Å². The predicted octanol–water partition coefficient (Wildman–Crippen LogP) is 4.32. The fourth-order valence-electron chi connectivity index (χ4n) is 3.15. The minimum absolute atomic E-state index is 0.0261. The molecule has 0 radical (unpaired) electrons. The molecule has 1 aliphatic heterocycles. The molecule has 2 aromatic rings. The molecule has 1 aliphatic rings. The van der Waals surface area contributed by atoms with E-state index >= 15 is 0 Å². The summed E-state index contributed by atoms with van der Waals surface area (Å²) in [5.41, 5.74) is 1.15. The van der Waals surface area contributed by atoms with Gasteiger partial charge in [0.1, 0.15) is 5.76 Å². The van der Waals surface area contributed by atoms with E-state index in [9.17, 15) is 9.59 Å². The molecular weight excluding hydrogens is 352 g/mol. The fraction of sp³-hybridized carbons (Fsp3) is 0.450. The van der Waals surface area contributed by atoms with Crippen LogP contribution in [0.3, 0.4) is 0 Å². The first kappa shape index (κ1) is 18.6. The van der Waals surface area contributed by atoms with Crippen LogP contribution < -0.4 is 4.90 Å². The van der Waals surface area contributed by atoms with Crippen molar-refractivity contribution in [1.82, 2.24) is 5.16 Å². The van der Waals surface area contributed by atoms with Crippen molar-refractivity contribution in [2.45, 2.75) is 57.9 Å². The van der Waals surface area contributed by atoms with Gasteiger partial charge >= 0.3 is 0 Å². The highest BCUT2D eigenvalue weighted by Gasteiger charge is 2.34. The SMILES string of the molecule is CC(C)(C)c1cc(CC(=O)[C@@H]2CCCC(=O)N2c2ccc(Cl)cc2)no1. The number of anilines is 1. The summed E-state index contributed by atoms with van der Waals surface area (Å²) in [6, 6.07) is 8.36. The van der Waals surface area contributed by atoms with Crippen LogP contribution in [-0.2, 0) is 21.4 Å². The molecule has 6 heteroatoms. The van der Waals surface area contributed by atoms with Crippen LogP contribution in [-0.4, -0.2) is 22.9 Å². The van der Waals surface area contributed by atoms with Crippen molar-refractivity contribution in [1.29, 1.82) is 0 Å². The van der Waals surface area contributed by atoms with Crippen LogP contribution in [0.1, 0.15) is 51.5 Å². The van der Waals surface area contributed by atoms with E-state index in [2.05, 4.69) is 5.16 Å². The average Bonchev–Trinajstić information content (AvgIpc) is 3.04. The summed E-state index contributed by atoms with van der Waals surface area (Å²) in [4.78, 5) is 27.0. The van der Waals surface area contributed by atoms with Crippen molar-refractivity contribution in [2.75, 3.05) is 4.90 Å². The molecule has 0 unspecified atom stereocenters. The van der Waals surface area contributed by atoms with E-state index in [-0.39, 0.29) is 23.5 Å². The maximum Gasteiger partial charge on any atom is 0.227 e. The lowest BCUT2D eigenvalue weighted by Crippen LogP contribution is -2.48. The number of aromatic nitrogens is 1. The molecule has 3 rings (SSSR count). The summed E-state index contributed by atoms with van der Waals surface area (Å²) >= 11 is 5.94. The lowest BCUT2D eigenvalue weighted by atomic mass is 9.92. The highest BCUT2D eigenvalue weighted by atomic mass is 35.5. The Hall–Kier alpha value is -2.14. The van der Waals surface area contributed by atoms with Gasteiger partial charge in [-0.25, -0.2) is 0 Å². The first-order valence-electron chi connectivity index (χ1n) is 8.82. The van der Waals surface area contributed by atoms with E-state index in [1.807, 2.05) is 26.8 Å². The van der Waals surface area contributed by atoms with Crippen molar-refractivity contribution in [3.05, 3.63) is 46.8 Å². The molecule has 1 aromatic heterocycles. The Bertz CT molecular complexity index is 805. The summed E-state index contributed by atoms with van der Waals surface area (Å²) in [6.07, 6.45) is 1.97. The molecule has 5 nitrogen and oxygen atoms in total. The van der Waals surface area contributed by atoms with E-state index in [0.717, 1.165) is 5.76 Å². The fourth-order valence-corrected chi connectivity index (χ4v) is 3.27. The van der Waals surface area contributed by atoms with Crippen molar-refractivity contribution in [2.24, 2.45) is 0 Å². The number of carbonyl (C=O) groups excluding carboxylic acids is 2. The van der Waals surface area contributed by atoms with E-state index in [1.165, 1.54) is 0 Å². The Balaban J connectivity index is 1.80. The van der Waals surface area contributed by atoms with Gasteiger partial charge in [0.05, 0.1) is 18.2 Å². The summed E-state index contributed by atoms with van der Waals surface area (Å²) in [7, 11) is 0. The Morgan fingerprint density at radius 2 is 2.00 bits per heavy atom. The van der Waals surface area contributed by atoms with Gasteiger partial charge in [-0.2, -0.15) is 0 Å². The van der Waals surface area contributed by atoms with Gasteiger partial charge in [0, 0.05) is 28.6 Å². The molecule has 0 aliphatic carbocycles. The number of benzene rings is 1. The number of carbonyl (C=O) groups is 2. The standard InChI is InChI=1S/C20H23ClN2O3/c1-20(2,3)18-12-14(22-26-18)11-17(24)16-5-4-6-19(25)23(16)15-9-7-13(21)8-10-15/h7-10,12,16H,4-6,11H2,1-3H3/t16-/m0/s1. The second-order valence-corrected chi connectivity index (χ2v) is 8.16. The smallest absolute Gasteiger partial charge is 0.227 e. The molecule has 0 spiro atoms. The number of rotatable bonds is 4. The van der Waals surface area contributed by atoms with Crippen LogP contribution in [0.4, 0.5) is 5.69 Å². The maximum absolute atomic E-state index is 12.9. The average molecular weight is 375 g/mol. The Labute approximate surface area is 158 Å². The Morgan fingerprint density at radius 3 is 2.62 bits per heavy atom. The molecule has 0 N–H and O–H groups in total. The van der Waals surface area contributed by atoms with Gasteiger partial charge in [0.15, 0.2) is 5.78 Å². The van der Waals surface area contributed by atoms with Gasteiger partial charge in [0.2, 0.25) is 5.91 Å². The number of Topliss-reactive ketones (excluding diaryl/α,β-unsaturated/α-hetero) is 1. The predicted molar refractivity (Wildman–Crippen MR) is 100 cm³/mol. The van der Waals surface area contributed by atoms with Crippen molar-refractivity contribution in [3.63, 3.8) is 0 Å². The van der Waals surface area contributed by atoms with E-state index < -0.39 is 6.04 Å². The maximum atomic E-state index is 12.9. The second kappa shape index (κ2) is 7.23. The Morgan fingerprint density at radius 1 is 1.31 bits per heavy atom. The molecule has 26 heavy (non-hydrogen) atoms. The van der Waals surface area contributed by atoms with Crippen LogP contribution in [0.25, 0.3) is 0 Å². The minimum atomic E-state index is -0.479. The van der Waals surface area contributed by atoms with E-state index in [0.29, 0.717) is 35.7 Å². The third-order valence-electron chi connectivity index (χ3n) is 4.58. The molecule has 0 bridgehead atoms. The molecular formula is C20H23ClN2O3. The molecule has 1 fully saturated rings. The molecule has 138 valence electrons. The van der Waals surface area contributed by atoms with Gasteiger partial charge in [-0.05, 0) is 37.1 Å². The van der Waals surface area contributed by atoms with Crippen molar-refractivity contribution < 1.29 is 14.1 Å². The number of nitrogens with zero attached hydrogens (tertiary/aromatic N) is 2. The third kappa shape index (κ3) is 3.98. The van der Waals surface area contributed by atoms with Crippen molar-refractivity contribution in [3.8, 4) is 0 Å². The second-order valence-electron chi connectivity index (χ2n) is 7.72. The molecule has 1 amide bonds. The van der Waals surface area contributed by atoms with Crippen molar-refractivity contribution >= 4 is 29.0 Å². The highest BCUT2D eigenvalue weighted by molar-refractivity contribution is 6.30. The molecule has 1 saturated heterocycles. The summed E-state index contributed by atoms with van der Waals surface area (Å²) in [6.45, 7) is 6.09. The van der Waals surface area contributed by atoms with Gasteiger partial charge < -0.3 is 9.42 Å². The van der Waals surface area contributed by atoms with E-state index in [4.69, 9.17) is 16.1 Å². The summed E-state index contributed by atoms with van der Waals surface area (Å²) < 4.78 is 5.37. The van der Waals surface area contributed by atoms with Gasteiger partial charge in [0.25, 0.3) is 0 Å². The van der Waals surface area contributed by atoms with Gasteiger partial charge in [-0.1, -0.05) is 37.5 Å². The quantitative estimate of drug-likeness (QED) is 0.799. The number of halogens is 1. The van der Waals surface area contributed by atoms with Crippen LogP contribution >= 0.6 is 11.6 Å². The molecule has 2 heterocycles. The Kier molecular flexibility index (Phi) is 5.19. The largest absolute Gasteiger partial charge is 0.361 e. The lowest BCUT2D eigenvalue weighted by Gasteiger charge is -2.34. The first-order chi connectivity index (χ1) is 12.3. The van der Waals surface area contributed by atoms with E-state index in [1.54, 1.807) is 29.2 Å². The highest BCUT2D eigenvalue weighted by Crippen LogP contribution is 2.29. The molecule has 0 saturated carbocycles. The monoisotopic (exact) mass is 374 g/mol. The van der Waals surface area contributed by atoms with Gasteiger partial charge in [-0.3, -0.25) is 9.59 Å². The third-order valence-corrected chi connectivity index (χ3v) is 4.83. The summed E-state index contributed by atoms with van der Waals surface area (Å²) in [5, 5.41) is 4.62. The van der Waals surface area contributed by atoms with Gasteiger partial charge in [-0.15, -0.1) is 0 Å². The molecule has 1 aromatic carbocycles. The zero-order chi connectivity index (χ0) is 18.9. The number of ketones is 1.